The van der Waals surface area contributed by atoms with Crippen LogP contribution in [0.5, 0.6) is 0 Å². The van der Waals surface area contributed by atoms with Crippen LogP contribution in [0.15, 0.2) is 29.3 Å². The first-order valence-electron chi connectivity index (χ1n) is 6.83. The third kappa shape index (κ3) is 6.53. The highest BCUT2D eigenvalue weighted by Gasteiger charge is 2.27. The fourth-order valence-corrected chi connectivity index (χ4v) is 1.78. The zero-order valence-corrected chi connectivity index (χ0v) is 12.8. The highest BCUT2D eigenvalue weighted by atomic mass is 19.3. The summed E-state index contributed by atoms with van der Waals surface area (Å²) in [6.07, 6.45) is 0. The van der Waals surface area contributed by atoms with E-state index in [4.69, 9.17) is 11.5 Å². The zero-order chi connectivity index (χ0) is 16.1. The summed E-state index contributed by atoms with van der Waals surface area (Å²) in [5.41, 5.74) is 12.3. The fourth-order valence-electron chi connectivity index (χ4n) is 1.78. The average Bonchev–Trinajstić information content (AvgIpc) is 2.36. The standard InChI is InChI=1S/C15H24F2N4/c1-14(2,3)12-6-4-11(5-7-12)8-20-9-15(16,17)10-21-13(18)19/h4-7,20H,8-10H2,1-3H3,(H4,18,19,21). The van der Waals surface area contributed by atoms with Crippen LogP contribution in [0.1, 0.15) is 31.9 Å². The van der Waals surface area contributed by atoms with Crippen LogP contribution in [0.3, 0.4) is 0 Å². The lowest BCUT2D eigenvalue weighted by molar-refractivity contribution is 0.0120. The van der Waals surface area contributed by atoms with Crippen molar-refractivity contribution in [3.05, 3.63) is 35.4 Å². The zero-order valence-electron chi connectivity index (χ0n) is 12.8. The summed E-state index contributed by atoms with van der Waals surface area (Å²) in [6, 6.07) is 7.94. The molecule has 0 saturated heterocycles. The Morgan fingerprint density at radius 2 is 1.71 bits per heavy atom. The molecule has 0 fully saturated rings. The van der Waals surface area contributed by atoms with Gasteiger partial charge in [0.15, 0.2) is 5.96 Å². The second-order valence-electron chi connectivity index (χ2n) is 6.15. The molecule has 4 nitrogen and oxygen atoms in total. The third-order valence-corrected chi connectivity index (χ3v) is 3.03. The van der Waals surface area contributed by atoms with Gasteiger partial charge in [-0.2, -0.15) is 0 Å². The van der Waals surface area contributed by atoms with Crippen LogP contribution >= 0.6 is 0 Å². The van der Waals surface area contributed by atoms with E-state index in [9.17, 15) is 8.78 Å². The van der Waals surface area contributed by atoms with Crippen molar-refractivity contribution in [3.63, 3.8) is 0 Å². The normalized spacial score (nSPS) is 12.2. The molecule has 0 aliphatic carbocycles. The maximum atomic E-state index is 13.4. The van der Waals surface area contributed by atoms with E-state index in [1.807, 2.05) is 24.3 Å². The largest absolute Gasteiger partial charge is 0.370 e. The molecule has 0 spiro atoms. The van der Waals surface area contributed by atoms with Gasteiger partial charge in [-0.05, 0) is 16.5 Å². The van der Waals surface area contributed by atoms with Gasteiger partial charge in [-0.3, -0.25) is 0 Å². The highest BCUT2D eigenvalue weighted by molar-refractivity contribution is 5.75. The molecule has 1 aromatic carbocycles. The maximum Gasteiger partial charge on any atom is 0.279 e. The summed E-state index contributed by atoms with van der Waals surface area (Å²) in [7, 11) is 0. The van der Waals surface area contributed by atoms with E-state index in [0.29, 0.717) is 6.54 Å². The van der Waals surface area contributed by atoms with Crippen molar-refractivity contribution in [1.82, 2.24) is 5.32 Å². The SMILES string of the molecule is CC(C)(C)c1ccc(CNCC(F)(F)CN=C(N)N)cc1. The first-order valence-corrected chi connectivity index (χ1v) is 6.83. The van der Waals surface area contributed by atoms with Gasteiger partial charge in [0.05, 0.1) is 6.54 Å². The van der Waals surface area contributed by atoms with Crippen molar-refractivity contribution < 1.29 is 8.78 Å². The van der Waals surface area contributed by atoms with Crippen LogP contribution < -0.4 is 16.8 Å². The smallest absolute Gasteiger partial charge is 0.279 e. The Balaban J connectivity index is 2.47. The van der Waals surface area contributed by atoms with E-state index in [0.717, 1.165) is 5.56 Å². The summed E-state index contributed by atoms with van der Waals surface area (Å²) in [4.78, 5) is 3.34. The second kappa shape index (κ2) is 6.85. The number of hydrogen-bond donors (Lipinski definition) is 3. The van der Waals surface area contributed by atoms with E-state index >= 15 is 0 Å². The van der Waals surface area contributed by atoms with E-state index in [-0.39, 0.29) is 11.4 Å². The number of nitrogens with two attached hydrogens (primary N) is 2. The summed E-state index contributed by atoms with van der Waals surface area (Å²) >= 11 is 0. The number of nitrogens with zero attached hydrogens (tertiary/aromatic N) is 1. The minimum absolute atomic E-state index is 0.0825. The second-order valence-corrected chi connectivity index (χ2v) is 6.15. The maximum absolute atomic E-state index is 13.4. The quantitative estimate of drug-likeness (QED) is 0.555. The van der Waals surface area contributed by atoms with Gasteiger partial charge in [-0.15, -0.1) is 0 Å². The van der Waals surface area contributed by atoms with Crippen molar-refractivity contribution >= 4 is 5.96 Å². The monoisotopic (exact) mass is 298 g/mol. The number of nitrogens with one attached hydrogen (secondary N) is 1. The molecule has 1 rings (SSSR count). The topological polar surface area (TPSA) is 76.4 Å². The molecule has 0 aromatic heterocycles. The van der Waals surface area contributed by atoms with Crippen molar-refractivity contribution in [2.75, 3.05) is 13.1 Å². The Hall–Kier alpha value is -1.69. The Morgan fingerprint density at radius 1 is 1.14 bits per heavy atom. The van der Waals surface area contributed by atoms with Gasteiger partial charge in [0.2, 0.25) is 0 Å². The molecular weight excluding hydrogens is 274 g/mol. The number of guanidine groups is 1. The van der Waals surface area contributed by atoms with Gasteiger partial charge in [0.1, 0.15) is 6.54 Å². The molecule has 0 aliphatic rings. The number of hydrogen-bond acceptors (Lipinski definition) is 2. The van der Waals surface area contributed by atoms with Gasteiger partial charge in [-0.25, -0.2) is 13.8 Å². The molecule has 0 radical (unpaired) electrons. The van der Waals surface area contributed by atoms with Gasteiger partial charge >= 0.3 is 0 Å². The Morgan fingerprint density at radius 3 is 2.19 bits per heavy atom. The van der Waals surface area contributed by atoms with Crippen LogP contribution in [0.4, 0.5) is 8.78 Å². The lowest BCUT2D eigenvalue weighted by Crippen LogP contribution is -2.36. The third-order valence-electron chi connectivity index (χ3n) is 3.03. The van der Waals surface area contributed by atoms with E-state index in [2.05, 4.69) is 31.1 Å². The lowest BCUT2D eigenvalue weighted by Gasteiger charge is -2.19. The van der Waals surface area contributed by atoms with Crippen LogP contribution in [0.25, 0.3) is 0 Å². The van der Waals surface area contributed by atoms with Crippen molar-refractivity contribution in [3.8, 4) is 0 Å². The molecule has 0 atom stereocenters. The van der Waals surface area contributed by atoms with Crippen molar-refractivity contribution in [2.24, 2.45) is 16.5 Å². The van der Waals surface area contributed by atoms with E-state index in [1.54, 1.807) is 0 Å². The predicted molar refractivity (Wildman–Crippen MR) is 82.5 cm³/mol. The molecule has 118 valence electrons. The van der Waals surface area contributed by atoms with Gasteiger partial charge < -0.3 is 16.8 Å². The van der Waals surface area contributed by atoms with Gasteiger partial charge in [-0.1, -0.05) is 45.0 Å². The Bertz CT molecular complexity index is 471. The van der Waals surface area contributed by atoms with Crippen molar-refractivity contribution in [1.29, 1.82) is 0 Å². The minimum atomic E-state index is -2.96. The van der Waals surface area contributed by atoms with Crippen LogP contribution in [-0.2, 0) is 12.0 Å². The molecule has 1 aromatic rings. The van der Waals surface area contributed by atoms with E-state index in [1.165, 1.54) is 5.56 Å². The molecule has 6 heteroatoms. The molecule has 0 bridgehead atoms. The number of benzene rings is 1. The summed E-state index contributed by atoms with van der Waals surface area (Å²) in [5.74, 6) is -3.29. The lowest BCUT2D eigenvalue weighted by atomic mass is 9.87. The number of rotatable bonds is 6. The molecular formula is C15H24F2N4. The number of halogens is 2. The van der Waals surface area contributed by atoms with Crippen LogP contribution in [0, 0.1) is 0 Å². The molecule has 0 saturated carbocycles. The Labute approximate surface area is 124 Å². The molecule has 0 amide bonds. The first kappa shape index (κ1) is 17.4. The molecule has 0 aliphatic heterocycles. The molecule has 0 heterocycles. The minimum Gasteiger partial charge on any atom is -0.370 e. The summed E-state index contributed by atoms with van der Waals surface area (Å²) < 4.78 is 26.9. The summed E-state index contributed by atoms with van der Waals surface area (Å²) in [5, 5.41) is 2.72. The summed E-state index contributed by atoms with van der Waals surface area (Å²) in [6.45, 7) is 5.59. The van der Waals surface area contributed by atoms with Crippen LogP contribution in [-0.4, -0.2) is 25.0 Å². The molecule has 5 N–H and O–H groups in total. The Kier molecular flexibility index (Phi) is 5.66. The molecule has 21 heavy (non-hydrogen) atoms. The highest BCUT2D eigenvalue weighted by Crippen LogP contribution is 2.22. The fraction of sp³-hybridized carbons (Fsp3) is 0.533. The van der Waals surface area contributed by atoms with Crippen molar-refractivity contribution in [2.45, 2.75) is 38.7 Å². The van der Waals surface area contributed by atoms with Gasteiger partial charge in [0.25, 0.3) is 5.92 Å². The van der Waals surface area contributed by atoms with E-state index < -0.39 is 19.0 Å². The first-order chi connectivity index (χ1) is 9.60. The van der Waals surface area contributed by atoms with Gasteiger partial charge in [0, 0.05) is 6.54 Å². The average molecular weight is 298 g/mol. The number of alkyl halides is 2. The predicted octanol–water partition coefficient (Wildman–Crippen LogP) is 1.98. The molecule has 0 unspecified atom stereocenters. The van der Waals surface area contributed by atoms with Crippen LogP contribution in [0.2, 0.25) is 0 Å². The number of aliphatic imine (C=N–C) groups is 1.